The quantitative estimate of drug-likeness (QED) is 0.301. The summed E-state index contributed by atoms with van der Waals surface area (Å²) >= 11 is -1.19. The molecule has 0 rings (SSSR count). The molecule has 0 saturated carbocycles. The molecule has 0 aliphatic carbocycles. The average molecular weight is 143 g/mol. The molecular formula is C5H10BNOS. The van der Waals surface area contributed by atoms with Crippen LogP contribution in [0.15, 0.2) is 4.40 Å². The molecule has 0 aliphatic heterocycles. The van der Waals surface area contributed by atoms with E-state index >= 15 is 0 Å². The number of rotatable bonds is 1. The Morgan fingerprint density at radius 2 is 2.00 bits per heavy atom. The van der Waals surface area contributed by atoms with Crippen molar-refractivity contribution < 1.29 is 4.55 Å². The van der Waals surface area contributed by atoms with Crippen molar-refractivity contribution in [3.8, 4) is 0 Å². The first-order valence-electron chi connectivity index (χ1n) is 2.64. The SMILES string of the molecule is [B]C=N[S+]([O-])C(C)(C)C. The highest BCUT2D eigenvalue weighted by atomic mass is 32.2. The molecule has 1 atom stereocenters. The Morgan fingerprint density at radius 1 is 1.56 bits per heavy atom. The van der Waals surface area contributed by atoms with Gasteiger partial charge in [0.15, 0.2) is 0 Å². The molecule has 0 spiro atoms. The van der Waals surface area contributed by atoms with E-state index in [9.17, 15) is 4.55 Å². The van der Waals surface area contributed by atoms with Gasteiger partial charge in [-0.2, -0.15) is 0 Å². The molecular weight excluding hydrogens is 133 g/mol. The Kier molecular flexibility index (Phi) is 3.29. The number of nitrogens with zero attached hydrogens (tertiary/aromatic N) is 1. The lowest BCUT2D eigenvalue weighted by molar-refractivity contribution is 0.562. The molecule has 2 radical (unpaired) electrons. The topological polar surface area (TPSA) is 35.4 Å². The molecule has 0 heterocycles. The fourth-order valence-electron chi connectivity index (χ4n) is 0.213. The molecule has 0 N–H and O–H groups in total. The second kappa shape index (κ2) is 3.27. The van der Waals surface area contributed by atoms with E-state index in [2.05, 4.69) is 4.40 Å². The van der Waals surface area contributed by atoms with Crippen molar-refractivity contribution >= 4 is 25.3 Å². The Morgan fingerprint density at radius 3 is 2.11 bits per heavy atom. The maximum Gasteiger partial charge on any atom is 0.144 e. The summed E-state index contributed by atoms with van der Waals surface area (Å²) in [6.07, 6.45) is 1.07. The van der Waals surface area contributed by atoms with E-state index in [-0.39, 0.29) is 4.75 Å². The zero-order chi connectivity index (χ0) is 7.49. The Labute approximate surface area is 60.5 Å². The molecule has 0 aliphatic rings. The molecule has 9 heavy (non-hydrogen) atoms. The van der Waals surface area contributed by atoms with Gasteiger partial charge in [-0.05, 0) is 20.8 Å². The van der Waals surface area contributed by atoms with Gasteiger partial charge in [-0.15, -0.1) is 0 Å². The second-order valence-electron chi connectivity index (χ2n) is 2.62. The lowest BCUT2D eigenvalue weighted by Gasteiger charge is -2.17. The van der Waals surface area contributed by atoms with Crippen molar-refractivity contribution in [2.45, 2.75) is 25.5 Å². The Balaban J connectivity index is 3.88. The smallest absolute Gasteiger partial charge is 0.144 e. The predicted octanol–water partition coefficient (Wildman–Crippen LogP) is 0.645. The standard InChI is InChI=1S/C5H10BNOS/c1-5(2,3)9(8)7-4-6/h4H,1-3H3. The molecule has 0 aromatic heterocycles. The molecule has 0 aromatic rings. The summed E-state index contributed by atoms with van der Waals surface area (Å²) in [5.41, 5.74) is 0. The van der Waals surface area contributed by atoms with Crippen LogP contribution in [0.1, 0.15) is 20.8 Å². The third-order valence-corrected chi connectivity index (χ3v) is 2.04. The third kappa shape index (κ3) is 3.59. The summed E-state index contributed by atoms with van der Waals surface area (Å²) in [5, 5.41) is 0. The van der Waals surface area contributed by atoms with Crippen molar-refractivity contribution in [3.63, 3.8) is 0 Å². The van der Waals surface area contributed by atoms with Gasteiger partial charge in [-0.25, -0.2) is 0 Å². The van der Waals surface area contributed by atoms with E-state index in [1.54, 1.807) is 0 Å². The first-order chi connectivity index (χ1) is 3.98. The lowest BCUT2D eigenvalue weighted by atomic mass is 10.2. The van der Waals surface area contributed by atoms with Crippen molar-refractivity contribution in [3.05, 3.63) is 0 Å². The summed E-state index contributed by atoms with van der Waals surface area (Å²) in [6, 6.07) is 0. The molecule has 0 bridgehead atoms. The fraction of sp³-hybridized carbons (Fsp3) is 0.800. The van der Waals surface area contributed by atoms with Crippen LogP contribution in [-0.4, -0.2) is 23.3 Å². The molecule has 0 saturated heterocycles. The van der Waals surface area contributed by atoms with E-state index in [1.807, 2.05) is 20.8 Å². The van der Waals surface area contributed by atoms with Gasteiger partial charge in [0, 0.05) is 6.11 Å². The molecule has 50 valence electrons. The molecule has 0 aromatic carbocycles. The Hall–Kier alpha value is 0.0449. The van der Waals surface area contributed by atoms with Crippen LogP contribution in [0.3, 0.4) is 0 Å². The number of hydrogen-bond acceptors (Lipinski definition) is 2. The minimum Gasteiger partial charge on any atom is -0.591 e. The summed E-state index contributed by atoms with van der Waals surface area (Å²) in [6.45, 7) is 5.53. The van der Waals surface area contributed by atoms with Crippen molar-refractivity contribution in [2.75, 3.05) is 0 Å². The van der Waals surface area contributed by atoms with Gasteiger partial charge >= 0.3 is 0 Å². The van der Waals surface area contributed by atoms with Gasteiger partial charge in [0.25, 0.3) is 0 Å². The van der Waals surface area contributed by atoms with Crippen LogP contribution in [0.5, 0.6) is 0 Å². The van der Waals surface area contributed by atoms with Crippen molar-refractivity contribution in [2.24, 2.45) is 4.40 Å². The monoisotopic (exact) mass is 143 g/mol. The molecule has 4 heteroatoms. The van der Waals surface area contributed by atoms with E-state index in [0.29, 0.717) is 0 Å². The molecule has 1 unspecified atom stereocenters. The van der Waals surface area contributed by atoms with Crippen LogP contribution >= 0.6 is 0 Å². The highest BCUT2D eigenvalue weighted by Crippen LogP contribution is 2.15. The minimum atomic E-state index is -1.19. The summed E-state index contributed by atoms with van der Waals surface area (Å²) in [7, 11) is 4.94. The minimum absolute atomic E-state index is 0.296. The summed E-state index contributed by atoms with van der Waals surface area (Å²) in [5.74, 6) is 0. The van der Waals surface area contributed by atoms with E-state index < -0.39 is 11.4 Å². The first kappa shape index (κ1) is 9.04. The van der Waals surface area contributed by atoms with Crippen LogP contribution in [-0.2, 0) is 11.4 Å². The zero-order valence-corrected chi connectivity index (χ0v) is 6.73. The summed E-state index contributed by atoms with van der Waals surface area (Å²) in [4.78, 5) is 0. The summed E-state index contributed by atoms with van der Waals surface area (Å²) < 4.78 is 14.1. The van der Waals surface area contributed by atoms with Crippen LogP contribution in [0.4, 0.5) is 0 Å². The fourth-order valence-corrected chi connectivity index (χ4v) is 0.640. The molecule has 2 nitrogen and oxygen atoms in total. The third-order valence-electron chi connectivity index (χ3n) is 0.680. The second-order valence-corrected chi connectivity index (χ2v) is 4.55. The lowest BCUT2D eigenvalue weighted by Crippen LogP contribution is -2.25. The highest BCUT2D eigenvalue weighted by molar-refractivity contribution is 7.91. The molecule has 0 amide bonds. The van der Waals surface area contributed by atoms with Crippen LogP contribution in [0, 0.1) is 0 Å². The zero-order valence-electron chi connectivity index (χ0n) is 5.92. The van der Waals surface area contributed by atoms with Gasteiger partial charge in [0.05, 0.1) is 11.4 Å². The van der Waals surface area contributed by atoms with Gasteiger partial charge in [-0.3, -0.25) is 0 Å². The maximum atomic E-state index is 10.9. The normalized spacial score (nSPS) is 16.4. The Bertz CT molecular complexity index is 110. The van der Waals surface area contributed by atoms with Crippen molar-refractivity contribution in [1.29, 1.82) is 0 Å². The highest BCUT2D eigenvalue weighted by Gasteiger charge is 2.25. The first-order valence-corrected chi connectivity index (χ1v) is 3.75. The predicted molar refractivity (Wildman–Crippen MR) is 42.1 cm³/mol. The van der Waals surface area contributed by atoms with Gasteiger partial charge in [0.2, 0.25) is 0 Å². The van der Waals surface area contributed by atoms with Crippen molar-refractivity contribution in [1.82, 2.24) is 0 Å². The van der Waals surface area contributed by atoms with E-state index in [4.69, 9.17) is 7.85 Å². The molecule has 0 fully saturated rings. The van der Waals surface area contributed by atoms with E-state index in [1.165, 1.54) is 0 Å². The van der Waals surface area contributed by atoms with Gasteiger partial charge in [-0.1, -0.05) is 4.40 Å². The average Bonchev–Trinajstić information content (AvgIpc) is 1.64. The van der Waals surface area contributed by atoms with Gasteiger partial charge < -0.3 is 4.55 Å². The van der Waals surface area contributed by atoms with E-state index in [0.717, 1.165) is 6.11 Å². The maximum absolute atomic E-state index is 10.9. The largest absolute Gasteiger partial charge is 0.591 e. The van der Waals surface area contributed by atoms with Crippen LogP contribution < -0.4 is 0 Å². The number of hydrogen-bond donors (Lipinski definition) is 0. The van der Waals surface area contributed by atoms with Crippen LogP contribution in [0.25, 0.3) is 0 Å². The van der Waals surface area contributed by atoms with Crippen LogP contribution in [0.2, 0.25) is 0 Å². The van der Waals surface area contributed by atoms with Gasteiger partial charge in [0.1, 0.15) is 12.6 Å².